The summed E-state index contributed by atoms with van der Waals surface area (Å²) >= 11 is 0. The van der Waals surface area contributed by atoms with Crippen molar-refractivity contribution in [1.29, 1.82) is 0 Å². The molecule has 250 valence electrons. The summed E-state index contributed by atoms with van der Waals surface area (Å²) in [6, 6.07) is 13.8. The van der Waals surface area contributed by atoms with Gasteiger partial charge in [-0.05, 0) is 73.7 Å². The van der Waals surface area contributed by atoms with Crippen LogP contribution in [0.25, 0.3) is 0 Å². The van der Waals surface area contributed by atoms with Crippen molar-refractivity contribution in [3.8, 4) is 11.5 Å². The molecule has 1 fully saturated rings. The molecule has 0 saturated carbocycles. The zero-order valence-electron chi connectivity index (χ0n) is 26.0. The van der Waals surface area contributed by atoms with E-state index in [1.165, 1.54) is 0 Å². The number of rotatable bonds is 12. The van der Waals surface area contributed by atoms with E-state index in [9.17, 15) is 26.8 Å². The first-order valence-corrected chi connectivity index (χ1v) is 16.7. The zero-order valence-corrected chi connectivity index (χ0v) is 27.6. The first-order chi connectivity index (χ1) is 21.3. The number of anilines is 2. The van der Waals surface area contributed by atoms with E-state index in [1.807, 2.05) is 38.1 Å². The van der Waals surface area contributed by atoms with Gasteiger partial charge in [0.2, 0.25) is 10.0 Å². The van der Waals surface area contributed by atoms with Gasteiger partial charge in [0.15, 0.2) is 0 Å². The Labute approximate surface area is 274 Å². The fraction of sp³-hybridized carbons (Fsp3) is 0.375. The molecule has 0 aliphatic carbocycles. The van der Waals surface area contributed by atoms with Gasteiger partial charge in [-0.1, -0.05) is 25.5 Å². The van der Waals surface area contributed by atoms with E-state index in [0.29, 0.717) is 29.8 Å². The van der Waals surface area contributed by atoms with Gasteiger partial charge in [0.25, 0.3) is 5.91 Å². The first kappa shape index (κ1) is 36.5. The number of nitrogens with two attached hydrogens (primary N) is 1. The van der Waals surface area contributed by atoms with Gasteiger partial charge in [-0.3, -0.25) is 14.4 Å². The lowest BCUT2D eigenvalue weighted by Crippen LogP contribution is -2.49. The molecule has 3 aromatic carbocycles. The number of urea groups is 1. The Kier molecular flexibility index (Phi) is 12.8. The standard InChI is InChI=1S/C32H39F2N5O5S.ClH/c1-4-5-14-39(32(41)36-29-18-26(31(35)40)27(33)19-28(29)34)24-12-15-38(16-13-24)20-22-6-9-25(10-7-22)44-30-11-8-23(17-21(30)2)37-45(3,42)43;/h6-11,17-19,24,37H,4-5,12-16,20H2,1-3H3,(H2,35,40)(H,36,41);1H. The largest absolute Gasteiger partial charge is 0.457 e. The second-order valence-corrected chi connectivity index (χ2v) is 13.0. The molecule has 0 radical (unpaired) electrons. The number of ether oxygens (including phenoxy) is 1. The Balaban J connectivity index is 0.00000576. The SMILES string of the molecule is CCCCN(C(=O)Nc1cc(C(N)=O)c(F)cc1F)C1CCN(Cc2ccc(Oc3ccc(NS(C)(=O)=O)cc3C)cc2)CC1.Cl. The van der Waals surface area contributed by atoms with E-state index in [0.717, 1.165) is 68.8 Å². The molecule has 4 rings (SSSR count). The molecule has 1 aliphatic heterocycles. The minimum Gasteiger partial charge on any atom is -0.457 e. The number of halogens is 3. The van der Waals surface area contributed by atoms with Crippen molar-refractivity contribution in [3.05, 3.63) is 82.9 Å². The van der Waals surface area contributed by atoms with Crippen LogP contribution < -0.4 is 20.5 Å². The molecular weight excluding hydrogens is 640 g/mol. The molecule has 1 aliphatic rings. The van der Waals surface area contributed by atoms with Crippen molar-refractivity contribution < 1.29 is 31.5 Å². The Morgan fingerprint density at radius 2 is 1.72 bits per heavy atom. The lowest BCUT2D eigenvalue weighted by molar-refractivity contribution is 0.0996. The molecule has 3 amide bonds. The third kappa shape index (κ3) is 10.0. The number of amides is 3. The van der Waals surface area contributed by atoms with Gasteiger partial charge in [-0.2, -0.15) is 0 Å². The van der Waals surface area contributed by atoms with Crippen molar-refractivity contribution in [2.24, 2.45) is 5.73 Å². The molecule has 10 nitrogen and oxygen atoms in total. The lowest BCUT2D eigenvalue weighted by Gasteiger charge is -2.38. The van der Waals surface area contributed by atoms with E-state index >= 15 is 0 Å². The van der Waals surface area contributed by atoms with Crippen molar-refractivity contribution >= 4 is 45.7 Å². The average molecular weight is 680 g/mol. The summed E-state index contributed by atoms with van der Waals surface area (Å²) in [5.41, 5.74) is 6.76. The van der Waals surface area contributed by atoms with Crippen molar-refractivity contribution in [1.82, 2.24) is 9.80 Å². The van der Waals surface area contributed by atoms with Crippen LogP contribution in [0.3, 0.4) is 0 Å². The Morgan fingerprint density at radius 1 is 1.04 bits per heavy atom. The van der Waals surface area contributed by atoms with Crippen LogP contribution in [0.1, 0.15) is 54.1 Å². The van der Waals surface area contributed by atoms with Crippen LogP contribution in [0.5, 0.6) is 11.5 Å². The molecule has 0 spiro atoms. The zero-order chi connectivity index (χ0) is 32.7. The number of carbonyl (C=O) groups excluding carboxylic acids is 2. The number of unbranched alkanes of at least 4 members (excludes halogenated alkanes) is 1. The van der Waals surface area contributed by atoms with Crippen LogP contribution in [0.2, 0.25) is 0 Å². The maximum Gasteiger partial charge on any atom is 0.322 e. The molecule has 0 bridgehead atoms. The quantitative estimate of drug-likeness (QED) is 0.207. The maximum atomic E-state index is 14.4. The highest BCUT2D eigenvalue weighted by atomic mass is 35.5. The van der Waals surface area contributed by atoms with Crippen molar-refractivity contribution in [2.75, 3.05) is 35.9 Å². The fourth-order valence-electron chi connectivity index (χ4n) is 5.28. The van der Waals surface area contributed by atoms with Crippen molar-refractivity contribution in [3.63, 3.8) is 0 Å². The Morgan fingerprint density at radius 3 is 2.30 bits per heavy atom. The maximum absolute atomic E-state index is 14.4. The molecule has 1 saturated heterocycles. The second-order valence-electron chi connectivity index (χ2n) is 11.3. The summed E-state index contributed by atoms with van der Waals surface area (Å²) in [6.07, 6.45) is 4.18. The number of hydrogen-bond donors (Lipinski definition) is 3. The van der Waals surface area contributed by atoms with Crippen LogP contribution in [-0.4, -0.2) is 62.1 Å². The predicted octanol–water partition coefficient (Wildman–Crippen LogP) is 6.26. The van der Waals surface area contributed by atoms with Gasteiger partial charge >= 0.3 is 6.03 Å². The summed E-state index contributed by atoms with van der Waals surface area (Å²) in [6.45, 7) is 6.57. The van der Waals surface area contributed by atoms with Crippen LogP contribution in [-0.2, 0) is 16.6 Å². The highest BCUT2D eigenvalue weighted by Gasteiger charge is 2.28. The third-order valence-corrected chi connectivity index (χ3v) is 8.22. The minimum absolute atomic E-state index is 0. The number of hydrogen-bond acceptors (Lipinski definition) is 6. The average Bonchev–Trinajstić information content (AvgIpc) is 2.97. The van der Waals surface area contributed by atoms with Crippen LogP contribution in [0, 0.1) is 18.6 Å². The van der Waals surface area contributed by atoms with Gasteiger partial charge in [0.05, 0.1) is 17.5 Å². The predicted molar refractivity (Wildman–Crippen MR) is 177 cm³/mol. The number of nitrogens with zero attached hydrogens (tertiary/aromatic N) is 2. The van der Waals surface area contributed by atoms with Gasteiger partial charge < -0.3 is 20.7 Å². The Hall–Kier alpha value is -3.94. The smallest absolute Gasteiger partial charge is 0.322 e. The Bertz CT molecular complexity index is 1630. The van der Waals surface area contributed by atoms with Gasteiger partial charge in [0.1, 0.15) is 23.1 Å². The lowest BCUT2D eigenvalue weighted by atomic mass is 10.0. The molecule has 14 heteroatoms. The van der Waals surface area contributed by atoms with Gasteiger partial charge in [-0.15, -0.1) is 12.4 Å². The number of likely N-dealkylation sites (tertiary alicyclic amines) is 1. The van der Waals surface area contributed by atoms with Crippen molar-refractivity contribution in [2.45, 2.75) is 52.1 Å². The molecule has 0 unspecified atom stereocenters. The molecule has 46 heavy (non-hydrogen) atoms. The molecule has 0 atom stereocenters. The summed E-state index contributed by atoms with van der Waals surface area (Å²) in [5, 5.41) is 2.51. The fourth-order valence-corrected chi connectivity index (χ4v) is 5.83. The molecule has 4 N–H and O–H groups in total. The number of primary amides is 1. The van der Waals surface area contributed by atoms with E-state index in [4.69, 9.17) is 10.5 Å². The van der Waals surface area contributed by atoms with E-state index < -0.39 is 39.2 Å². The first-order valence-electron chi connectivity index (χ1n) is 14.8. The number of piperidine rings is 1. The second kappa shape index (κ2) is 16.1. The normalized spacial score (nSPS) is 13.8. The van der Waals surface area contributed by atoms with Gasteiger partial charge in [-0.25, -0.2) is 22.0 Å². The third-order valence-electron chi connectivity index (χ3n) is 7.61. The molecule has 0 aromatic heterocycles. The van der Waals surface area contributed by atoms with Gasteiger partial charge in [0, 0.05) is 44.0 Å². The summed E-state index contributed by atoms with van der Waals surface area (Å²) in [5.74, 6) is -1.84. The number of carbonyl (C=O) groups is 2. The van der Waals surface area contributed by atoms with E-state index in [2.05, 4.69) is 14.9 Å². The topological polar surface area (TPSA) is 134 Å². The molecular formula is C32H40ClF2N5O5S. The molecule has 1 heterocycles. The van der Waals surface area contributed by atoms with Crippen LogP contribution in [0.15, 0.2) is 54.6 Å². The summed E-state index contributed by atoms with van der Waals surface area (Å²) in [7, 11) is -3.37. The van der Waals surface area contributed by atoms with Crippen LogP contribution >= 0.6 is 12.4 Å². The number of sulfonamides is 1. The van der Waals surface area contributed by atoms with Crippen LogP contribution in [0.4, 0.5) is 25.0 Å². The molecule has 3 aromatic rings. The number of benzene rings is 3. The highest BCUT2D eigenvalue weighted by Crippen LogP contribution is 2.29. The summed E-state index contributed by atoms with van der Waals surface area (Å²) < 4.78 is 59.8. The summed E-state index contributed by atoms with van der Waals surface area (Å²) in [4.78, 5) is 28.8. The van der Waals surface area contributed by atoms with E-state index in [-0.39, 0.29) is 24.1 Å². The van der Waals surface area contributed by atoms with E-state index in [1.54, 1.807) is 23.1 Å². The highest BCUT2D eigenvalue weighted by molar-refractivity contribution is 7.92. The monoisotopic (exact) mass is 679 g/mol. The number of aryl methyl sites for hydroxylation is 1. The number of nitrogens with one attached hydrogen (secondary N) is 2. The minimum atomic E-state index is -3.37.